The summed E-state index contributed by atoms with van der Waals surface area (Å²) in [7, 11) is 0. The molecule has 5 heteroatoms. The molecule has 3 atom stereocenters. The van der Waals surface area contributed by atoms with Gasteiger partial charge in [-0.05, 0) is 51.0 Å². The molecule has 4 aliphatic rings. The van der Waals surface area contributed by atoms with Crippen LogP contribution >= 0.6 is 0 Å². The van der Waals surface area contributed by atoms with Crippen LogP contribution in [0.1, 0.15) is 71.1 Å². The lowest BCUT2D eigenvalue weighted by Gasteiger charge is -2.38. The van der Waals surface area contributed by atoms with Gasteiger partial charge in [0, 0.05) is 25.7 Å². The van der Waals surface area contributed by atoms with Gasteiger partial charge in [-0.15, -0.1) is 0 Å². The molecular weight excluding hydrogens is 332 g/mol. The van der Waals surface area contributed by atoms with Gasteiger partial charge in [0.1, 0.15) is 11.9 Å². The molecule has 0 aromatic heterocycles. The minimum Gasteiger partial charge on any atom is -0.502 e. The fourth-order valence-corrected chi connectivity index (χ4v) is 4.69. The van der Waals surface area contributed by atoms with Crippen LogP contribution in [0.4, 0.5) is 0 Å². The third kappa shape index (κ3) is 3.80. The van der Waals surface area contributed by atoms with Crippen molar-refractivity contribution in [3.8, 4) is 0 Å². The monoisotopic (exact) mass is 364 g/mol. The van der Waals surface area contributed by atoms with Crippen LogP contribution in [-0.2, 0) is 23.7 Å². The second-order valence-corrected chi connectivity index (χ2v) is 7.88. The zero-order chi connectivity index (χ0) is 17.9. The lowest BCUT2D eigenvalue weighted by atomic mass is 9.92. The van der Waals surface area contributed by atoms with Gasteiger partial charge in [-0.25, -0.2) is 0 Å². The molecular formula is C21H32O5. The molecule has 0 amide bonds. The molecule has 0 N–H and O–H groups in total. The molecule has 26 heavy (non-hydrogen) atoms. The van der Waals surface area contributed by atoms with Crippen LogP contribution in [0.25, 0.3) is 0 Å². The second kappa shape index (κ2) is 7.91. The molecule has 5 nitrogen and oxygen atoms in total. The number of allylic oxidation sites excluding steroid dienone is 2. The summed E-state index contributed by atoms with van der Waals surface area (Å²) in [6.45, 7) is 4.32. The maximum atomic E-state index is 6.53. The van der Waals surface area contributed by atoms with Crippen LogP contribution < -0.4 is 0 Å². The third-order valence-electron chi connectivity index (χ3n) is 6.00. The summed E-state index contributed by atoms with van der Waals surface area (Å²) >= 11 is 0. The van der Waals surface area contributed by atoms with Crippen LogP contribution in [0.15, 0.2) is 23.7 Å². The molecule has 0 bridgehead atoms. The zero-order valence-electron chi connectivity index (χ0n) is 16.0. The maximum absolute atomic E-state index is 6.53. The Morgan fingerprint density at radius 3 is 2.62 bits per heavy atom. The summed E-state index contributed by atoms with van der Waals surface area (Å²) in [5.74, 6) is 0.273. The van der Waals surface area contributed by atoms with Crippen molar-refractivity contribution >= 4 is 0 Å². The van der Waals surface area contributed by atoms with Crippen molar-refractivity contribution in [2.45, 2.75) is 88.8 Å². The fourth-order valence-electron chi connectivity index (χ4n) is 4.69. The number of ether oxygens (including phenoxy) is 5. The molecule has 4 heterocycles. The summed E-state index contributed by atoms with van der Waals surface area (Å²) in [6, 6.07) is 0. The first-order chi connectivity index (χ1) is 12.7. The highest BCUT2D eigenvalue weighted by atomic mass is 16.7. The largest absolute Gasteiger partial charge is 0.502 e. The van der Waals surface area contributed by atoms with E-state index in [2.05, 4.69) is 0 Å². The van der Waals surface area contributed by atoms with Crippen LogP contribution in [-0.4, -0.2) is 37.5 Å². The van der Waals surface area contributed by atoms with E-state index < -0.39 is 5.79 Å². The van der Waals surface area contributed by atoms with E-state index in [1.54, 1.807) is 6.26 Å². The SMILES string of the molecule is C/C=C/OCCCC1=C(C2CCC3(CCCO3)O2)OC2(CCCO2)CC1. The van der Waals surface area contributed by atoms with E-state index in [0.29, 0.717) is 0 Å². The van der Waals surface area contributed by atoms with Crippen LogP contribution in [0.3, 0.4) is 0 Å². The molecule has 3 fully saturated rings. The molecule has 146 valence electrons. The molecule has 0 aromatic rings. The highest BCUT2D eigenvalue weighted by Gasteiger charge is 2.49. The predicted octanol–water partition coefficient (Wildman–Crippen LogP) is 4.57. The minimum atomic E-state index is -0.407. The second-order valence-electron chi connectivity index (χ2n) is 7.88. The van der Waals surface area contributed by atoms with Gasteiger partial charge in [-0.1, -0.05) is 6.08 Å². The lowest BCUT2D eigenvalue weighted by Crippen LogP contribution is -2.38. The zero-order valence-corrected chi connectivity index (χ0v) is 16.0. The van der Waals surface area contributed by atoms with Crippen molar-refractivity contribution in [3.63, 3.8) is 0 Å². The highest BCUT2D eigenvalue weighted by molar-refractivity contribution is 5.19. The summed E-state index contributed by atoms with van der Waals surface area (Å²) in [6.07, 6.45) is 13.8. The average Bonchev–Trinajstić information content (AvgIpc) is 3.40. The van der Waals surface area contributed by atoms with Crippen LogP contribution in [0.2, 0.25) is 0 Å². The van der Waals surface area contributed by atoms with Gasteiger partial charge in [0.2, 0.25) is 5.79 Å². The van der Waals surface area contributed by atoms with E-state index in [1.807, 2.05) is 13.0 Å². The molecule has 3 unspecified atom stereocenters. The minimum absolute atomic E-state index is 0.0148. The molecule has 0 saturated carbocycles. The van der Waals surface area contributed by atoms with Crippen molar-refractivity contribution in [1.82, 2.24) is 0 Å². The topological polar surface area (TPSA) is 46.2 Å². The van der Waals surface area contributed by atoms with Gasteiger partial charge in [-0.2, -0.15) is 0 Å². The van der Waals surface area contributed by atoms with Gasteiger partial charge in [0.15, 0.2) is 5.79 Å². The Morgan fingerprint density at radius 1 is 1.08 bits per heavy atom. The Balaban J connectivity index is 1.46. The van der Waals surface area contributed by atoms with Gasteiger partial charge >= 0.3 is 0 Å². The summed E-state index contributed by atoms with van der Waals surface area (Å²) in [4.78, 5) is 0. The first kappa shape index (κ1) is 18.3. The van der Waals surface area contributed by atoms with Gasteiger partial charge < -0.3 is 23.7 Å². The normalized spacial score (nSPS) is 37.3. The van der Waals surface area contributed by atoms with Crippen molar-refractivity contribution in [3.05, 3.63) is 23.7 Å². The Bertz CT molecular complexity index is 541. The Labute approximate surface area is 156 Å². The van der Waals surface area contributed by atoms with E-state index in [9.17, 15) is 0 Å². The summed E-state index contributed by atoms with van der Waals surface area (Å²) in [5, 5.41) is 0. The summed E-state index contributed by atoms with van der Waals surface area (Å²) < 4.78 is 30.4. The standard InChI is InChI=1S/C21H32O5/c1-2-13-22-14-3-6-17-7-11-21(10-5-16-24-21)26-19(17)18-8-12-20(25-18)9-4-15-23-20/h2,13,18H,3-12,14-16H2,1H3/b13-2+. The third-order valence-corrected chi connectivity index (χ3v) is 6.00. The Kier molecular flexibility index (Phi) is 5.58. The van der Waals surface area contributed by atoms with Crippen molar-refractivity contribution in [2.75, 3.05) is 19.8 Å². The number of hydrogen-bond acceptors (Lipinski definition) is 5. The average molecular weight is 364 g/mol. The quantitative estimate of drug-likeness (QED) is 0.510. The van der Waals surface area contributed by atoms with E-state index in [1.165, 1.54) is 5.57 Å². The van der Waals surface area contributed by atoms with Crippen molar-refractivity contribution in [2.24, 2.45) is 0 Å². The van der Waals surface area contributed by atoms with Crippen molar-refractivity contribution in [1.29, 1.82) is 0 Å². The van der Waals surface area contributed by atoms with Crippen LogP contribution in [0.5, 0.6) is 0 Å². The fraction of sp³-hybridized carbons (Fsp3) is 0.810. The van der Waals surface area contributed by atoms with E-state index >= 15 is 0 Å². The van der Waals surface area contributed by atoms with Gasteiger partial charge in [-0.3, -0.25) is 0 Å². The maximum Gasteiger partial charge on any atom is 0.210 e. The van der Waals surface area contributed by atoms with Crippen LogP contribution in [0, 0.1) is 0 Å². The first-order valence-electron chi connectivity index (χ1n) is 10.3. The number of rotatable bonds is 6. The highest BCUT2D eigenvalue weighted by Crippen LogP contribution is 2.47. The molecule has 2 spiro atoms. The van der Waals surface area contributed by atoms with E-state index in [-0.39, 0.29) is 11.9 Å². The van der Waals surface area contributed by atoms with Crippen molar-refractivity contribution < 1.29 is 23.7 Å². The number of hydrogen-bond donors (Lipinski definition) is 0. The Hall–Kier alpha value is -1.04. The van der Waals surface area contributed by atoms with E-state index in [4.69, 9.17) is 23.7 Å². The molecule has 0 aromatic carbocycles. The molecule has 3 saturated heterocycles. The molecule has 0 aliphatic carbocycles. The van der Waals surface area contributed by atoms with Gasteiger partial charge in [0.25, 0.3) is 0 Å². The van der Waals surface area contributed by atoms with Gasteiger partial charge in [0.05, 0.1) is 26.1 Å². The summed E-state index contributed by atoms with van der Waals surface area (Å²) in [5.41, 5.74) is 1.38. The molecule has 4 aliphatic heterocycles. The predicted molar refractivity (Wildman–Crippen MR) is 97.3 cm³/mol. The smallest absolute Gasteiger partial charge is 0.210 e. The lowest BCUT2D eigenvalue weighted by molar-refractivity contribution is -0.230. The Morgan fingerprint density at radius 2 is 1.88 bits per heavy atom. The molecule has 0 radical (unpaired) electrons. The van der Waals surface area contributed by atoms with E-state index in [0.717, 1.165) is 89.8 Å². The molecule has 4 rings (SSSR count). The first-order valence-corrected chi connectivity index (χ1v) is 10.3.